The Hall–Kier alpha value is -2.18. The fourth-order valence-corrected chi connectivity index (χ4v) is 3.46. The van der Waals surface area contributed by atoms with Crippen LogP contribution < -0.4 is 0 Å². The Morgan fingerprint density at radius 3 is 2.81 bits per heavy atom. The average Bonchev–Trinajstić information content (AvgIpc) is 2.59. The Balaban J connectivity index is 1.57. The van der Waals surface area contributed by atoms with Crippen LogP contribution in [0.25, 0.3) is 11.0 Å². The Morgan fingerprint density at radius 1 is 1.15 bits per heavy atom. The first-order valence-corrected chi connectivity index (χ1v) is 8.59. The quantitative estimate of drug-likeness (QED) is 0.638. The lowest BCUT2D eigenvalue weighted by molar-refractivity contribution is -0.137. The van der Waals surface area contributed by atoms with E-state index in [0.29, 0.717) is 29.3 Å². The van der Waals surface area contributed by atoms with Crippen molar-refractivity contribution >= 4 is 22.6 Å². The molecule has 0 bridgehead atoms. The molecule has 3 aromatic rings. The van der Waals surface area contributed by atoms with Gasteiger partial charge in [0.25, 0.3) is 0 Å². The minimum absolute atomic E-state index is 0.467. The Labute approximate surface area is 153 Å². The molecule has 0 saturated carbocycles. The molecule has 0 unspecified atom stereocenters. The number of hydrogen-bond acceptors (Lipinski definition) is 3. The number of benzene rings is 1. The SMILES string of the molecule is FC(F)(F)c1cccc(CN2CCc3nc4ncc(Cl)cc4cc3C2)c1. The Kier molecular flexibility index (Phi) is 4.32. The fourth-order valence-electron chi connectivity index (χ4n) is 3.29. The number of aromatic nitrogens is 2. The molecule has 0 atom stereocenters. The summed E-state index contributed by atoms with van der Waals surface area (Å²) in [5.74, 6) is 0. The van der Waals surface area contributed by atoms with Gasteiger partial charge in [-0.05, 0) is 29.3 Å². The average molecular weight is 378 g/mol. The lowest BCUT2D eigenvalue weighted by Crippen LogP contribution is -2.30. The number of hydrogen-bond donors (Lipinski definition) is 0. The van der Waals surface area contributed by atoms with E-state index in [1.165, 1.54) is 12.1 Å². The molecule has 0 N–H and O–H groups in total. The second-order valence-electron chi connectivity index (χ2n) is 6.45. The van der Waals surface area contributed by atoms with Crippen molar-refractivity contribution in [3.05, 3.63) is 70.0 Å². The zero-order chi connectivity index (χ0) is 18.3. The number of halogens is 4. The molecule has 0 aliphatic carbocycles. The van der Waals surface area contributed by atoms with Crippen LogP contribution in [0.1, 0.15) is 22.4 Å². The molecular formula is C19H15ClF3N3. The maximum absolute atomic E-state index is 12.9. The predicted octanol–water partition coefficient (Wildman–Crippen LogP) is 4.86. The smallest absolute Gasteiger partial charge is 0.294 e. The summed E-state index contributed by atoms with van der Waals surface area (Å²) in [4.78, 5) is 11.0. The molecule has 1 aliphatic heterocycles. The van der Waals surface area contributed by atoms with Crippen LogP contribution in [0.3, 0.4) is 0 Å². The van der Waals surface area contributed by atoms with Gasteiger partial charge in [0.2, 0.25) is 0 Å². The van der Waals surface area contributed by atoms with Gasteiger partial charge in [0.1, 0.15) is 0 Å². The minimum Gasteiger partial charge on any atom is -0.294 e. The molecular weight excluding hydrogens is 363 g/mol. The molecule has 3 nitrogen and oxygen atoms in total. The standard InChI is InChI=1S/C19H15ClF3N3/c20-16-8-13-7-14-11-26(5-4-17(14)25-18(13)24-9-16)10-12-2-1-3-15(6-12)19(21,22)23/h1-3,6-9H,4-5,10-11H2. The molecule has 0 radical (unpaired) electrons. The first kappa shape index (κ1) is 17.2. The number of fused-ring (bicyclic) bond motifs is 2. The highest BCUT2D eigenvalue weighted by Crippen LogP contribution is 2.30. The molecule has 26 heavy (non-hydrogen) atoms. The fraction of sp³-hybridized carbons (Fsp3) is 0.263. The van der Waals surface area contributed by atoms with Gasteiger partial charge in [-0.2, -0.15) is 13.2 Å². The van der Waals surface area contributed by atoms with Crippen LogP contribution in [-0.4, -0.2) is 21.4 Å². The van der Waals surface area contributed by atoms with Gasteiger partial charge in [0, 0.05) is 43.3 Å². The topological polar surface area (TPSA) is 29.0 Å². The second kappa shape index (κ2) is 6.52. The van der Waals surface area contributed by atoms with Gasteiger partial charge in [-0.15, -0.1) is 0 Å². The molecule has 1 aromatic carbocycles. The van der Waals surface area contributed by atoms with Crippen LogP contribution in [0, 0.1) is 0 Å². The summed E-state index contributed by atoms with van der Waals surface area (Å²) >= 11 is 6.00. The van der Waals surface area contributed by atoms with Crippen LogP contribution in [0.4, 0.5) is 13.2 Å². The zero-order valence-corrected chi connectivity index (χ0v) is 14.5. The van der Waals surface area contributed by atoms with Crippen molar-refractivity contribution in [2.45, 2.75) is 25.7 Å². The molecule has 2 aromatic heterocycles. The monoisotopic (exact) mass is 377 g/mol. The van der Waals surface area contributed by atoms with Crippen LogP contribution in [0.15, 0.2) is 42.6 Å². The lowest BCUT2D eigenvalue weighted by atomic mass is 10.0. The van der Waals surface area contributed by atoms with Gasteiger partial charge in [0.15, 0.2) is 5.65 Å². The van der Waals surface area contributed by atoms with Gasteiger partial charge >= 0.3 is 6.18 Å². The van der Waals surface area contributed by atoms with Crippen molar-refractivity contribution < 1.29 is 13.2 Å². The van der Waals surface area contributed by atoms with E-state index in [2.05, 4.69) is 14.9 Å². The summed E-state index contributed by atoms with van der Waals surface area (Å²) < 4.78 is 38.7. The van der Waals surface area contributed by atoms with E-state index in [9.17, 15) is 13.2 Å². The molecule has 0 spiro atoms. The molecule has 7 heteroatoms. The second-order valence-corrected chi connectivity index (χ2v) is 6.89. The minimum atomic E-state index is -4.32. The van der Waals surface area contributed by atoms with E-state index in [1.807, 2.05) is 12.1 Å². The van der Waals surface area contributed by atoms with Crippen molar-refractivity contribution in [2.24, 2.45) is 0 Å². The lowest BCUT2D eigenvalue weighted by Gasteiger charge is -2.28. The van der Waals surface area contributed by atoms with E-state index in [0.717, 1.165) is 35.7 Å². The number of alkyl halides is 3. The van der Waals surface area contributed by atoms with E-state index < -0.39 is 11.7 Å². The van der Waals surface area contributed by atoms with Gasteiger partial charge in [-0.3, -0.25) is 4.90 Å². The summed E-state index contributed by atoms with van der Waals surface area (Å²) in [5, 5.41) is 1.42. The van der Waals surface area contributed by atoms with E-state index in [1.54, 1.807) is 12.3 Å². The van der Waals surface area contributed by atoms with Crippen molar-refractivity contribution in [1.29, 1.82) is 0 Å². The number of rotatable bonds is 2. The first-order chi connectivity index (χ1) is 12.4. The highest BCUT2D eigenvalue weighted by Gasteiger charge is 2.30. The van der Waals surface area contributed by atoms with E-state index >= 15 is 0 Å². The van der Waals surface area contributed by atoms with Gasteiger partial charge in [0.05, 0.1) is 10.6 Å². The molecule has 4 rings (SSSR count). The van der Waals surface area contributed by atoms with Crippen molar-refractivity contribution in [1.82, 2.24) is 14.9 Å². The third-order valence-electron chi connectivity index (χ3n) is 4.52. The Bertz CT molecular complexity index is 972. The zero-order valence-electron chi connectivity index (χ0n) is 13.7. The highest BCUT2D eigenvalue weighted by molar-refractivity contribution is 6.31. The summed E-state index contributed by atoms with van der Waals surface area (Å²) in [7, 11) is 0. The van der Waals surface area contributed by atoms with Crippen LogP contribution >= 0.6 is 11.6 Å². The van der Waals surface area contributed by atoms with Crippen molar-refractivity contribution in [3.8, 4) is 0 Å². The largest absolute Gasteiger partial charge is 0.416 e. The number of pyridine rings is 2. The van der Waals surface area contributed by atoms with Crippen molar-refractivity contribution in [3.63, 3.8) is 0 Å². The predicted molar refractivity (Wildman–Crippen MR) is 93.8 cm³/mol. The molecule has 0 saturated heterocycles. The molecule has 0 fully saturated rings. The third kappa shape index (κ3) is 3.52. The summed E-state index contributed by atoms with van der Waals surface area (Å²) in [6, 6.07) is 9.35. The van der Waals surface area contributed by atoms with Crippen molar-refractivity contribution in [2.75, 3.05) is 6.54 Å². The Morgan fingerprint density at radius 2 is 2.00 bits per heavy atom. The van der Waals surface area contributed by atoms with E-state index in [-0.39, 0.29) is 0 Å². The van der Waals surface area contributed by atoms with Gasteiger partial charge in [-0.25, -0.2) is 9.97 Å². The maximum atomic E-state index is 12.9. The molecule has 3 heterocycles. The molecule has 134 valence electrons. The molecule has 1 aliphatic rings. The van der Waals surface area contributed by atoms with Gasteiger partial charge < -0.3 is 0 Å². The van der Waals surface area contributed by atoms with Gasteiger partial charge in [-0.1, -0.05) is 29.8 Å². The normalized spacial score (nSPS) is 15.2. The molecule has 0 amide bonds. The first-order valence-electron chi connectivity index (χ1n) is 8.21. The van der Waals surface area contributed by atoms with Crippen LogP contribution in [-0.2, 0) is 25.7 Å². The highest BCUT2D eigenvalue weighted by atomic mass is 35.5. The summed E-state index contributed by atoms with van der Waals surface area (Å²) in [6.45, 7) is 1.85. The van der Waals surface area contributed by atoms with Crippen LogP contribution in [0.2, 0.25) is 5.02 Å². The third-order valence-corrected chi connectivity index (χ3v) is 4.73. The maximum Gasteiger partial charge on any atom is 0.416 e. The summed E-state index contributed by atoms with van der Waals surface area (Å²) in [6.07, 6.45) is -2.00. The number of nitrogens with zero attached hydrogens (tertiary/aromatic N) is 3. The summed E-state index contributed by atoms with van der Waals surface area (Å²) in [5.41, 5.74) is 2.77. The van der Waals surface area contributed by atoms with Crippen LogP contribution in [0.5, 0.6) is 0 Å². The van der Waals surface area contributed by atoms with E-state index in [4.69, 9.17) is 11.6 Å².